The standard InChI is InChI=1S/C24H24N6O4/c1-15-23(33)29(19-9-5-3-7-17(19)27-15)13-21(31)25-11-12-26-22(32)14-30-20-10-6-4-8-18(20)28-16(2)24(30)34/h3-10H,11-14H2,1-2H3,(H,25,31)(H,26,32). The molecule has 0 aliphatic rings. The van der Waals surface area contributed by atoms with Gasteiger partial charge in [-0.25, -0.2) is 9.97 Å². The van der Waals surface area contributed by atoms with Gasteiger partial charge < -0.3 is 10.6 Å². The second-order valence-corrected chi connectivity index (χ2v) is 7.85. The first-order valence-electron chi connectivity index (χ1n) is 10.8. The molecule has 4 aromatic rings. The molecule has 0 unspecified atom stereocenters. The highest BCUT2D eigenvalue weighted by Gasteiger charge is 2.13. The van der Waals surface area contributed by atoms with E-state index in [4.69, 9.17) is 0 Å². The molecule has 2 N–H and O–H groups in total. The van der Waals surface area contributed by atoms with E-state index in [2.05, 4.69) is 20.6 Å². The maximum absolute atomic E-state index is 12.5. The van der Waals surface area contributed by atoms with Gasteiger partial charge in [0.05, 0.1) is 22.1 Å². The number of carbonyl (C=O) groups excluding carboxylic acids is 2. The average Bonchev–Trinajstić information content (AvgIpc) is 2.82. The predicted molar refractivity (Wildman–Crippen MR) is 127 cm³/mol. The Morgan fingerprint density at radius 2 is 1.09 bits per heavy atom. The molecule has 174 valence electrons. The third-order valence-corrected chi connectivity index (χ3v) is 5.40. The molecule has 34 heavy (non-hydrogen) atoms. The molecule has 2 aromatic heterocycles. The topological polar surface area (TPSA) is 128 Å². The second kappa shape index (κ2) is 9.65. The van der Waals surface area contributed by atoms with Crippen molar-refractivity contribution >= 4 is 33.9 Å². The van der Waals surface area contributed by atoms with Crippen molar-refractivity contribution in [3.05, 3.63) is 80.6 Å². The van der Waals surface area contributed by atoms with Gasteiger partial charge in [-0.15, -0.1) is 0 Å². The van der Waals surface area contributed by atoms with Crippen LogP contribution in [0.4, 0.5) is 0 Å². The van der Waals surface area contributed by atoms with Crippen molar-refractivity contribution < 1.29 is 9.59 Å². The molecule has 0 radical (unpaired) electrons. The lowest BCUT2D eigenvalue weighted by Crippen LogP contribution is -2.40. The van der Waals surface area contributed by atoms with Crippen LogP contribution in [0.3, 0.4) is 0 Å². The first-order valence-corrected chi connectivity index (χ1v) is 10.8. The highest BCUT2D eigenvalue weighted by Crippen LogP contribution is 2.10. The molecule has 0 saturated carbocycles. The number of nitrogens with one attached hydrogen (secondary N) is 2. The molecule has 0 fully saturated rings. The Kier molecular flexibility index (Phi) is 6.48. The molecule has 0 aliphatic heterocycles. The van der Waals surface area contributed by atoms with Crippen LogP contribution in [0.1, 0.15) is 11.4 Å². The Morgan fingerprint density at radius 1 is 0.706 bits per heavy atom. The van der Waals surface area contributed by atoms with E-state index in [-0.39, 0.29) is 49.1 Å². The van der Waals surface area contributed by atoms with E-state index < -0.39 is 0 Å². The Hall–Kier alpha value is -4.34. The highest BCUT2D eigenvalue weighted by atomic mass is 16.2. The van der Waals surface area contributed by atoms with E-state index in [1.807, 2.05) is 12.1 Å². The lowest BCUT2D eigenvalue weighted by molar-refractivity contribution is -0.123. The number of carbonyl (C=O) groups is 2. The number of hydrogen-bond acceptors (Lipinski definition) is 6. The van der Waals surface area contributed by atoms with Crippen LogP contribution >= 0.6 is 0 Å². The van der Waals surface area contributed by atoms with Crippen LogP contribution in [-0.4, -0.2) is 44.0 Å². The van der Waals surface area contributed by atoms with E-state index in [0.29, 0.717) is 33.5 Å². The third kappa shape index (κ3) is 4.70. The van der Waals surface area contributed by atoms with Gasteiger partial charge in [0, 0.05) is 13.1 Å². The summed E-state index contributed by atoms with van der Waals surface area (Å²) in [6.45, 7) is 3.25. The summed E-state index contributed by atoms with van der Waals surface area (Å²) in [6.07, 6.45) is 0. The number of rotatable bonds is 7. The predicted octanol–water partition coefficient (Wildman–Crippen LogP) is 0.656. The molecule has 0 saturated heterocycles. The minimum Gasteiger partial charge on any atom is -0.353 e. The maximum Gasteiger partial charge on any atom is 0.272 e. The molecule has 0 aliphatic carbocycles. The second-order valence-electron chi connectivity index (χ2n) is 7.85. The number of nitrogens with zero attached hydrogens (tertiary/aromatic N) is 4. The van der Waals surface area contributed by atoms with Crippen molar-refractivity contribution in [2.45, 2.75) is 26.9 Å². The third-order valence-electron chi connectivity index (χ3n) is 5.40. The van der Waals surface area contributed by atoms with Gasteiger partial charge in [0.2, 0.25) is 11.8 Å². The van der Waals surface area contributed by atoms with E-state index in [1.165, 1.54) is 9.13 Å². The van der Waals surface area contributed by atoms with Crippen molar-refractivity contribution in [1.29, 1.82) is 0 Å². The van der Waals surface area contributed by atoms with Gasteiger partial charge in [-0.2, -0.15) is 0 Å². The lowest BCUT2D eigenvalue weighted by Gasteiger charge is -2.13. The molecular weight excluding hydrogens is 436 g/mol. The van der Waals surface area contributed by atoms with Crippen molar-refractivity contribution in [2.24, 2.45) is 0 Å². The van der Waals surface area contributed by atoms with Crippen molar-refractivity contribution in [1.82, 2.24) is 29.7 Å². The summed E-state index contributed by atoms with van der Waals surface area (Å²) in [6, 6.07) is 14.2. The Labute approximate surface area is 194 Å². The molecule has 0 bridgehead atoms. The van der Waals surface area contributed by atoms with Crippen molar-refractivity contribution in [3.63, 3.8) is 0 Å². The van der Waals surface area contributed by atoms with Gasteiger partial charge in [-0.1, -0.05) is 24.3 Å². The maximum atomic E-state index is 12.5. The number of benzene rings is 2. The van der Waals surface area contributed by atoms with Crippen LogP contribution < -0.4 is 21.8 Å². The number of aryl methyl sites for hydroxylation is 2. The Morgan fingerprint density at radius 3 is 1.50 bits per heavy atom. The quantitative estimate of drug-likeness (QED) is 0.390. The van der Waals surface area contributed by atoms with Crippen LogP contribution in [-0.2, 0) is 22.7 Å². The molecular formula is C24H24N6O4. The molecule has 10 nitrogen and oxygen atoms in total. The lowest BCUT2D eigenvalue weighted by atomic mass is 10.2. The molecule has 0 spiro atoms. The summed E-state index contributed by atoms with van der Waals surface area (Å²) in [5.41, 5.74) is 2.39. The van der Waals surface area contributed by atoms with E-state index in [0.717, 1.165) is 0 Å². The number of para-hydroxylation sites is 4. The number of hydrogen-bond donors (Lipinski definition) is 2. The van der Waals surface area contributed by atoms with Crippen LogP contribution in [0.15, 0.2) is 58.1 Å². The van der Waals surface area contributed by atoms with Crippen LogP contribution in [0, 0.1) is 13.8 Å². The summed E-state index contributed by atoms with van der Waals surface area (Å²) in [4.78, 5) is 58.4. The molecule has 0 atom stereocenters. The van der Waals surface area contributed by atoms with Crippen LogP contribution in [0.5, 0.6) is 0 Å². The minimum atomic E-state index is -0.362. The van der Waals surface area contributed by atoms with Gasteiger partial charge in [-0.05, 0) is 38.1 Å². The number of fused-ring (bicyclic) bond motifs is 2. The van der Waals surface area contributed by atoms with E-state index in [1.54, 1.807) is 50.2 Å². The summed E-state index contributed by atoms with van der Waals surface area (Å²) in [7, 11) is 0. The minimum absolute atomic E-state index is 0.158. The molecule has 2 heterocycles. The molecule has 4 rings (SSSR count). The van der Waals surface area contributed by atoms with Gasteiger partial charge in [0.25, 0.3) is 11.1 Å². The first kappa shape index (κ1) is 22.8. The highest BCUT2D eigenvalue weighted by molar-refractivity contribution is 5.81. The zero-order valence-electron chi connectivity index (χ0n) is 18.9. The van der Waals surface area contributed by atoms with Crippen molar-refractivity contribution in [3.8, 4) is 0 Å². The number of amides is 2. The summed E-state index contributed by atoms with van der Waals surface area (Å²) < 4.78 is 2.77. The summed E-state index contributed by atoms with van der Waals surface area (Å²) in [5.74, 6) is -0.724. The SMILES string of the molecule is Cc1nc2ccccc2n(CC(=O)NCCNC(=O)Cn2c(=O)c(C)nc3ccccc32)c1=O. The van der Waals surface area contributed by atoms with E-state index >= 15 is 0 Å². The van der Waals surface area contributed by atoms with Crippen molar-refractivity contribution in [2.75, 3.05) is 13.1 Å². The summed E-state index contributed by atoms with van der Waals surface area (Å²) >= 11 is 0. The fourth-order valence-electron chi connectivity index (χ4n) is 3.76. The molecule has 2 aromatic carbocycles. The largest absolute Gasteiger partial charge is 0.353 e. The van der Waals surface area contributed by atoms with Gasteiger partial charge in [0.15, 0.2) is 0 Å². The monoisotopic (exact) mass is 460 g/mol. The summed E-state index contributed by atoms with van der Waals surface area (Å²) in [5, 5.41) is 5.40. The first-order chi connectivity index (χ1) is 16.3. The fraction of sp³-hybridized carbons (Fsp3) is 0.250. The Balaban J connectivity index is 1.34. The van der Waals surface area contributed by atoms with Gasteiger partial charge >= 0.3 is 0 Å². The smallest absolute Gasteiger partial charge is 0.272 e. The van der Waals surface area contributed by atoms with E-state index in [9.17, 15) is 19.2 Å². The Bertz CT molecular complexity index is 1410. The molecule has 10 heteroatoms. The van der Waals surface area contributed by atoms with Gasteiger partial charge in [-0.3, -0.25) is 28.3 Å². The fourth-order valence-corrected chi connectivity index (χ4v) is 3.76. The van der Waals surface area contributed by atoms with Gasteiger partial charge in [0.1, 0.15) is 24.5 Å². The normalized spacial score (nSPS) is 11.0. The average molecular weight is 460 g/mol. The zero-order valence-corrected chi connectivity index (χ0v) is 18.9. The van der Waals surface area contributed by atoms with Crippen LogP contribution in [0.2, 0.25) is 0 Å². The van der Waals surface area contributed by atoms with Crippen LogP contribution in [0.25, 0.3) is 22.1 Å². The number of aromatic nitrogens is 4. The molecule has 2 amide bonds. The zero-order chi connectivity index (χ0) is 24.2.